The maximum absolute atomic E-state index is 12.7. The van der Waals surface area contributed by atoms with Gasteiger partial charge in [0.2, 0.25) is 0 Å². The summed E-state index contributed by atoms with van der Waals surface area (Å²) in [6, 6.07) is 15.7. The first-order valence-electron chi connectivity index (χ1n) is 10.5. The normalized spacial score (nSPS) is 11.2. The summed E-state index contributed by atoms with van der Waals surface area (Å²) in [5.41, 5.74) is 0.602. The Morgan fingerprint density at radius 2 is 1.65 bits per heavy atom. The Hall–Kier alpha value is -4.89. The molecule has 0 saturated carbocycles. The van der Waals surface area contributed by atoms with Crippen LogP contribution in [0.2, 0.25) is 0 Å². The number of aryl methyl sites for hydroxylation is 1. The quantitative estimate of drug-likeness (QED) is 0.142. The molecular weight excluding hydrogens is 502 g/mol. The number of carbonyl (C=O) groups excluding carboxylic acids is 1. The lowest BCUT2D eigenvalue weighted by atomic mass is 10.1. The second-order valence-electron chi connectivity index (χ2n) is 7.53. The van der Waals surface area contributed by atoms with E-state index in [9.17, 15) is 28.6 Å². The molecule has 0 aromatic heterocycles. The number of nitro benzene ring substituents is 1. The second kappa shape index (κ2) is 11.2. The summed E-state index contributed by atoms with van der Waals surface area (Å²) in [5.74, 6) is -0.733. The Kier molecular flexibility index (Phi) is 8.11. The van der Waals surface area contributed by atoms with E-state index in [0.717, 1.165) is 11.6 Å². The first kappa shape index (κ1) is 26.7. The van der Waals surface area contributed by atoms with Gasteiger partial charge in [0.1, 0.15) is 22.3 Å². The number of anilines is 1. The van der Waals surface area contributed by atoms with Crippen LogP contribution >= 0.6 is 0 Å². The van der Waals surface area contributed by atoms with E-state index in [-0.39, 0.29) is 39.1 Å². The predicted molar refractivity (Wildman–Crippen MR) is 134 cm³/mol. The summed E-state index contributed by atoms with van der Waals surface area (Å²) in [6.45, 7) is 1.82. The molecule has 190 valence electrons. The molecule has 3 aromatic rings. The van der Waals surface area contributed by atoms with Crippen molar-refractivity contribution in [3.05, 3.63) is 87.5 Å². The van der Waals surface area contributed by atoms with Crippen molar-refractivity contribution in [2.24, 2.45) is 0 Å². The molecule has 37 heavy (non-hydrogen) atoms. The van der Waals surface area contributed by atoms with Crippen LogP contribution in [0.1, 0.15) is 11.1 Å². The van der Waals surface area contributed by atoms with Gasteiger partial charge in [0.05, 0.1) is 24.8 Å². The molecule has 0 spiro atoms. The minimum Gasteiger partial charge on any atom is -0.495 e. The lowest BCUT2D eigenvalue weighted by Crippen LogP contribution is -2.14. The van der Waals surface area contributed by atoms with E-state index in [0.29, 0.717) is 5.56 Å². The molecule has 1 amide bonds. The number of nitro groups is 1. The van der Waals surface area contributed by atoms with Gasteiger partial charge in [-0.2, -0.15) is 13.7 Å². The summed E-state index contributed by atoms with van der Waals surface area (Å²) in [4.78, 5) is 23.1. The summed E-state index contributed by atoms with van der Waals surface area (Å²) in [7, 11) is -1.51. The smallest absolute Gasteiger partial charge is 0.339 e. The monoisotopic (exact) mass is 523 g/mol. The molecule has 11 nitrogen and oxygen atoms in total. The van der Waals surface area contributed by atoms with Crippen molar-refractivity contribution in [2.45, 2.75) is 11.8 Å². The highest BCUT2D eigenvalue weighted by Gasteiger charge is 2.20. The second-order valence-corrected chi connectivity index (χ2v) is 9.07. The summed E-state index contributed by atoms with van der Waals surface area (Å²) in [6.07, 6.45) is 1.24. The van der Waals surface area contributed by atoms with E-state index in [1.54, 1.807) is 18.2 Å². The number of carbonyl (C=O) groups is 1. The van der Waals surface area contributed by atoms with Crippen molar-refractivity contribution >= 4 is 33.5 Å². The zero-order chi connectivity index (χ0) is 27.2. The molecule has 12 heteroatoms. The number of amides is 1. The zero-order valence-corrected chi connectivity index (χ0v) is 20.7. The standard InChI is InChI=1S/C25H21N3O8S/c1-16-4-8-20(9-5-16)37(32,33)36-23-10-6-17(13-24(23)35-3)12-18(15-26)25(29)27-21-14-19(28(30)31)7-11-22(21)34-2/h4-14H,1-3H3,(H,27,29)/b18-12+. The van der Waals surface area contributed by atoms with Gasteiger partial charge in [0.25, 0.3) is 11.6 Å². The van der Waals surface area contributed by atoms with Gasteiger partial charge in [-0.25, -0.2) is 0 Å². The molecule has 0 aliphatic heterocycles. The molecule has 3 aromatic carbocycles. The SMILES string of the molecule is COc1ccc([N+](=O)[O-])cc1NC(=O)/C(C#N)=C/c1ccc(OS(=O)(=O)c2ccc(C)cc2)c(OC)c1. The van der Waals surface area contributed by atoms with Gasteiger partial charge in [-0.1, -0.05) is 23.8 Å². The van der Waals surface area contributed by atoms with Crippen LogP contribution < -0.4 is 19.0 Å². The van der Waals surface area contributed by atoms with Crippen LogP contribution in [0.3, 0.4) is 0 Å². The van der Waals surface area contributed by atoms with Gasteiger partial charge in [0, 0.05) is 12.1 Å². The number of hydrogen-bond acceptors (Lipinski definition) is 9. The minimum absolute atomic E-state index is 0.00508. The van der Waals surface area contributed by atoms with E-state index < -0.39 is 20.9 Å². The highest BCUT2D eigenvalue weighted by atomic mass is 32.2. The van der Waals surface area contributed by atoms with Crippen LogP contribution in [0.25, 0.3) is 6.08 Å². The maximum Gasteiger partial charge on any atom is 0.339 e. The molecular formula is C25H21N3O8S. The van der Waals surface area contributed by atoms with Gasteiger partial charge >= 0.3 is 10.1 Å². The van der Waals surface area contributed by atoms with Gasteiger partial charge in [-0.05, 0) is 48.9 Å². The summed E-state index contributed by atoms with van der Waals surface area (Å²) < 4.78 is 40.9. The topological polar surface area (TPSA) is 158 Å². The molecule has 0 aliphatic rings. The number of non-ortho nitro benzene ring substituents is 1. The molecule has 0 radical (unpaired) electrons. The third-order valence-corrected chi connectivity index (χ3v) is 6.26. The van der Waals surface area contributed by atoms with Crippen LogP contribution in [0.15, 0.2) is 71.1 Å². The van der Waals surface area contributed by atoms with Crippen molar-refractivity contribution in [1.82, 2.24) is 0 Å². The van der Waals surface area contributed by atoms with Crippen LogP contribution in [0.5, 0.6) is 17.2 Å². The Morgan fingerprint density at radius 1 is 1.00 bits per heavy atom. The van der Waals surface area contributed by atoms with Gasteiger partial charge in [0.15, 0.2) is 11.5 Å². The summed E-state index contributed by atoms with van der Waals surface area (Å²) in [5, 5.41) is 23.0. The van der Waals surface area contributed by atoms with Crippen molar-refractivity contribution in [3.63, 3.8) is 0 Å². The number of nitrogens with zero attached hydrogens (tertiary/aromatic N) is 2. The fourth-order valence-electron chi connectivity index (χ4n) is 3.13. The number of methoxy groups -OCH3 is 2. The number of hydrogen-bond donors (Lipinski definition) is 1. The molecule has 0 atom stereocenters. The van der Waals surface area contributed by atoms with Gasteiger partial charge in [-0.3, -0.25) is 14.9 Å². The zero-order valence-electron chi connectivity index (χ0n) is 19.9. The van der Waals surface area contributed by atoms with E-state index in [1.807, 2.05) is 6.92 Å². The molecule has 0 bridgehead atoms. The van der Waals surface area contributed by atoms with Gasteiger partial charge < -0.3 is 19.0 Å². The maximum atomic E-state index is 12.7. The number of ether oxygens (including phenoxy) is 2. The molecule has 0 heterocycles. The molecule has 1 N–H and O–H groups in total. The van der Waals surface area contributed by atoms with Gasteiger partial charge in [-0.15, -0.1) is 0 Å². The largest absolute Gasteiger partial charge is 0.495 e. The number of nitriles is 1. The Morgan fingerprint density at radius 3 is 2.24 bits per heavy atom. The molecule has 0 saturated heterocycles. The van der Waals surface area contributed by atoms with Crippen LogP contribution in [0, 0.1) is 28.4 Å². The predicted octanol–water partition coefficient (Wildman–Crippen LogP) is 4.23. The number of nitrogens with one attached hydrogen (secondary N) is 1. The molecule has 3 rings (SSSR count). The number of benzene rings is 3. The summed E-state index contributed by atoms with van der Waals surface area (Å²) >= 11 is 0. The fourth-order valence-corrected chi connectivity index (χ4v) is 4.07. The van der Waals surface area contributed by atoms with E-state index >= 15 is 0 Å². The Balaban J connectivity index is 1.87. The van der Waals surface area contributed by atoms with Crippen molar-refractivity contribution in [3.8, 4) is 23.3 Å². The fraction of sp³-hybridized carbons (Fsp3) is 0.120. The average Bonchev–Trinajstić information content (AvgIpc) is 2.87. The van der Waals surface area contributed by atoms with Crippen molar-refractivity contribution in [2.75, 3.05) is 19.5 Å². The highest BCUT2D eigenvalue weighted by Crippen LogP contribution is 2.32. The lowest BCUT2D eigenvalue weighted by molar-refractivity contribution is -0.384. The molecule has 0 aliphatic carbocycles. The third-order valence-electron chi connectivity index (χ3n) is 5.01. The first-order valence-corrected chi connectivity index (χ1v) is 11.9. The van der Waals surface area contributed by atoms with Crippen LogP contribution in [-0.2, 0) is 14.9 Å². The molecule has 0 unspecified atom stereocenters. The van der Waals surface area contributed by atoms with E-state index in [4.69, 9.17) is 13.7 Å². The van der Waals surface area contributed by atoms with Crippen molar-refractivity contribution < 1.29 is 31.8 Å². The minimum atomic E-state index is -4.14. The van der Waals surface area contributed by atoms with Crippen molar-refractivity contribution in [1.29, 1.82) is 5.26 Å². The number of rotatable bonds is 9. The third kappa shape index (κ3) is 6.41. The average molecular weight is 524 g/mol. The van der Waals surface area contributed by atoms with Crippen LogP contribution in [-0.4, -0.2) is 33.5 Å². The Labute approximate surface area is 212 Å². The van der Waals surface area contributed by atoms with Crippen LogP contribution in [0.4, 0.5) is 11.4 Å². The lowest BCUT2D eigenvalue weighted by Gasteiger charge is -2.12. The van der Waals surface area contributed by atoms with E-state index in [1.165, 1.54) is 62.8 Å². The molecule has 0 fully saturated rings. The van der Waals surface area contributed by atoms with E-state index in [2.05, 4.69) is 5.32 Å². The first-order chi connectivity index (χ1) is 17.6. The highest BCUT2D eigenvalue weighted by molar-refractivity contribution is 7.87. The Bertz CT molecular complexity index is 1520.